The van der Waals surface area contributed by atoms with E-state index in [1.165, 1.54) is 12.1 Å². The Balaban J connectivity index is 3.34. The number of carbonyl (C=O) groups excluding carboxylic acids is 1. The molecule has 0 aliphatic rings. The van der Waals surface area contributed by atoms with Crippen LogP contribution in [0.3, 0.4) is 0 Å². The molecule has 0 heterocycles. The van der Waals surface area contributed by atoms with Crippen LogP contribution < -0.4 is 5.73 Å². The standard InChI is InChI=1S/C12H13N3O4/c1-2-19-12(16)5-9-10(7-14)8(6-13)3-4-11(9)15(17)18/h3-4H,2,5-6,13H2,1H3. The number of esters is 1. The SMILES string of the molecule is CCOC(=O)Cc1c([N+](=O)[O-])ccc(CN)c1C#N. The number of hydrogen-bond donors (Lipinski definition) is 1. The van der Waals surface area contributed by atoms with Crippen molar-refractivity contribution in [3.05, 3.63) is 38.9 Å². The molecule has 0 saturated heterocycles. The summed E-state index contributed by atoms with van der Waals surface area (Å²) in [6, 6.07) is 4.54. The highest BCUT2D eigenvalue weighted by Crippen LogP contribution is 2.26. The lowest BCUT2D eigenvalue weighted by Crippen LogP contribution is -2.12. The Hall–Kier alpha value is -2.46. The monoisotopic (exact) mass is 263 g/mol. The molecular formula is C12H13N3O4. The number of nitro benzene ring substituents is 1. The van der Waals surface area contributed by atoms with Gasteiger partial charge in [-0.3, -0.25) is 14.9 Å². The number of hydrogen-bond acceptors (Lipinski definition) is 6. The zero-order chi connectivity index (χ0) is 14.4. The van der Waals surface area contributed by atoms with Gasteiger partial charge in [-0.25, -0.2) is 0 Å². The molecule has 0 atom stereocenters. The van der Waals surface area contributed by atoms with E-state index in [2.05, 4.69) is 0 Å². The van der Waals surface area contributed by atoms with E-state index in [4.69, 9.17) is 15.7 Å². The first-order valence-corrected chi connectivity index (χ1v) is 5.60. The van der Waals surface area contributed by atoms with Crippen LogP contribution in [-0.4, -0.2) is 17.5 Å². The second-order valence-corrected chi connectivity index (χ2v) is 3.65. The quantitative estimate of drug-likeness (QED) is 0.481. The highest BCUT2D eigenvalue weighted by atomic mass is 16.6. The summed E-state index contributed by atoms with van der Waals surface area (Å²) in [6.07, 6.45) is -0.319. The zero-order valence-electron chi connectivity index (χ0n) is 10.4. The lowest BCUT2D eigenvalue weighted by molar-refractivity contribution is -0.385. The number of rotatable bonds is 5. The van der Waals surface area contributed by atoms with Crippen LogP contribution in [0, 0.1) is 21.4 Å². The number of ether oxygens (including phenoxy) is 1. The number of nitro groups is 1. The van der Waals surface area contributed by atoms with Gasteiger partial charge in [-0.2, -0.15) is 5.26 Å². The van der Waals surface area contributed by atoms with Gasteiger partial charge in [0.15, 0.2) is 0 Å². The molecule has 19 heavy (non-hydrogen) atoms. The van der Waals surface area contributed by atoms with Gasteiger partial charge >= 0.3 is 5.97 Å². The summed E-state index contributed by atoms with van der Waals surface area (Å²) in [5.41, 5.74) is 5.79. The Labute approximate surface area is 109 Å². The Bertz CT molecular complexity index is 549. The van der Waals surface area contributed by atoms with Gasteiger partial charge in [-0.15, -0.1) is 0 Å². The fourth-order valence-electron chi connectivity index (χ4n) is 1.70. The molecule has 0 aliphatic carbocycles. The maximum Gasteiger partial charge on any atom is 0.310 e. The van der Waals surface area contributed by atoms with Crippen molar-refractivity contribution in [1.82, 2.24) is 0 Å². The van der Waals surface area contributed by atoms with E-state index in [1.807, 2.05) is 6.07 Å². The first-order valence-electron chi connectivity index (χ1n) is 5.60. The molecule has 0 radical (unpaired) electrons. The maximum atomic E-state index is 11.5. The minimum Gasteiger partial charge on any atom is -0.466 e. The van der Waals surface area contributed by atoms with Crippen molar-refractivity contribution in [3.63, 3.8) is 0 Å². The van der Waals surface area contributed by atoms with Gasteiger partial charge in [0.25, 0.3) is 5.69 Å². The highest BCUT2D eigenvalue weighted by Gasteiger charge is 2.23. The molecular weight excluding hydrogens is 250 g/mol. The predicted octanol–water partition coefficient (Wildman–Crippen LogP) is 1.03. The van der Waals surface area contributed by atoms with E-state index >= 15 is 0 Å². The van der Waals surface area contributed by atoms with E-state index in [-0.39, 0.29) is 36.4 Å². The van der Waals surface area contributed by atoms with E-state index < -0.39 is 10.9 Å². The first kappa shape index (κ1) is 14.6. The largest absolute Gasteiger partial charge is 0.466 e. The lowest BCUT2D eigenvalue weighted by Gasteiger charge is -2.08. The Morgan fingerprint density at radius 3 is 2.74 bits per heavy atom. The number of nitrogens with two attached hydrogens (primary N) is 1. The minimum atomic E-state index is -0.629. The third kappa shape index (κ3) is 3.26. The molecule has 7 nitrogen and oxygen atoms in total. The predicted molar refractivity (Wildman–Crippen MR) is 66.0 cm³/mol. The van der Waals surface area contributed by atoms with Gasteiger partial charge in [0, 0.05) is 12.6 Å². The summed E-state index contributed by atoms with van der Waals surface area (Å²) < 4.78 is 4.75. The van der Waals surface area contributed by atoms with Crippen LogP contribution in [0.4, 0.5) is 5.69 Å². The van der Waals surface area contributed by atoms with Crippen LogP contribution in [0.2, 0.25) is 0 Å². The summed E-state index contributed by atoms with van der Waals surface area (Å²) in [5, 5.41) is 20.0. The normalized spacial score (nSPS) is 9.74. The average Bonchev–Trinajstić information content (AvgIpc) is 2.37. The molecule has 0 spiro atoms. The maximum absolute atomic E-state index is 11.5. The molecule has 1 rings (SSSR count). The van der Waals surface area contributed by atoms with Crippen molar-refractivity contribution < 1.29 is 14.5 Å². The van der Waals surface area contributed by atoms with Gasteiger partial charge in [0.05, 0.1) is 29.1 Å². The third-order valence-electron chi connectivity index (χ3n) is 2.53. The molecule has 1 aromatic carbocycles. The highest BCUT2D eigenvalue weighted by molar-refractivity contribution is 5.76. The number of benzene rings is 1. The van der Waals surface area contributed by atoms with Crippen LogP contribution >= 0.6 is 0 Å². The minimum absolute atomic E-state index is 0.0499. The van der Waals surface area contributed by atoms with Gasteiger partial charge in [-0.05, 0) is 18.6 Å². The second kappa shape index (κ2) is 6.47. The second-order valence-electron chi connectivity index (χ2n) is 3.65. The summed E-state index contributed by atoms with van der Waals surface area (Å²) in [4.78, 5) is 21.8. The zero-order valence-corrected chi connectivity index (χ0v) is 10.4. The third-order valence-corrected chi connectivity index (χ3v) is 2.53. The van der Waals surface area contributed by atoms with Gasteiger partial charge in [0.1, 0.15) is 6.07 Å². The lowest BCUT2D eigenvalue weighted by atomic mass is 9.97. The Kier molecular flexibility index (Phi) is 4.97. The number of carbonyl (C=O) groups is 1. The smallest absolute Gasteiger partial charge is 0.310 e. The Morgan fingerprint density at radius 2 is 2.26 bits per heavy atom. The van der Waals surface area contributed by atoms with E-state index in [0.717, 1.165) is 0 Å². The van der Waals surface area contributed by atoms with Crippen LogP contribution in [0.1, 0.15) is 23.6 Å². The molecule has 100 valence electrons. The summed E-state index contributed by atoms with van der Waals surface area (Å²) in [6.45, 7) is 1.87. The van der Waals surface area contributed by atoms with Crippen LogP contribution in [0.5, 0.6) is 0 Å². The molecule has 0 aromatic heterocycles. The first-order chi connectivity index (χ1) is 9.04. The van der Waals surface area contributed by atoms with Crippen LogP contribution in [0.15, 0.2) is 12.1 Å². The van der Waals surface area contributed by atoms with Crippen molar-refractivity contribution >= 4 is 11.7 Å². The topological polar surface area (TPSA) is 119 Å². The molecule has 0 saturated carbocycles. The summed E-state index contributed by atoms with van der Waals surface area (Å²) in [7, 11) is 0. The van der Waals surface area contributed by atoms with Crippen molar-refractivity contribution in [3.8, 4) is 6.07 Å². The van der Waals surface area contributed by atoms with Crippen molar-refractivity contribution in [2.75, 3.05) is 6.61 Å². The van der Waals surface area contributed by atoms with E-state index in [0.29, 0.717) is 5.56 Å². The van der Waals surface area contributed by atoms with Crippen LogP contribution in [0.25, 0.3) is 0 Å². The molecule has 0 amide bonds. The van der Waals surface area contributed by atoms with Crippen molar-refractivity contribution in [1.29, 1.82) is 5.26 Å². The molecule has 0 aliphatic heterocycles. The molecule has 0 unspecified atom stereocenters. The molecule has 1 aromatic rings. The Morgan fingerprint density at radius 1 is 1.58 bits per heavy atom. The molecule has 7 heteroatoms. The van der Waals surface area contributed by atoms with Gasteiger partial charge in [-0.1, -0.05) is 0 Å². The number of nitriles is 1. The van der Waals surface area contributed by atoms with Crippen molar-refractivity contribution in [2.45, 2.75) is 19.9 Å². The van der Waals surface area contributed by atoms with E-state index in [1.54, 1.807) is 6.92 Å². The summed E-state index contributed by atoms with van der Waals surface area (Å²) in [5.74, 6) is -0.615. The summed E-state index contributed by atoms with van der Waals surface area (Å²) >= 11 is 0. The van der Waals surface area contributed by atoms with Gasteiger partial charge in [0.2, 0.25) is 0 Å². The molecule has 2 N–H and O–H groups in total. The van der Waals surface area contributed by atoms with Crippen molar-refractivity contribution in [2.24, 2.45) is 5.73 Å². The molecule has 0 fully saturated rings. The van der Waals surface area contributed by atoms with E-state index in [9.17, 15) is 14.9 Å². The fraction of sp³-hybridized carbons (Fsp3) is 0.333. The van der Waals surface area contributed by atoms with Crippen LogP contribution in [-0.2, 0) is 22.5 Å². The molecule has 0 bridgehead atoms. The average molecular weight is 263 g/mol. The number of nitrogens with zero attached hydrogens (tertiary/aromatic N) is 2. The fourth-order valence-corrected chi connectivity index (χ4v) is 1.70. The van der Waals surface area contributed by atoms with Gasteiger partial charge < -0.3 is 10.5 Å².